The fourth-order valence-electron chi connectivity index (χ4n) is 4.47. The third kappa shape index (κ3) is 4.61. The molecule has 3 aromatic carbocycles. The van der Waals surface area contributed by atoms with Gasteiger partial charge >= 0.3 is 5.69 Å². The van der Waals surface area contributed by atoms with Gasteiger partial charge in [-0.1, -0.05) is 30.3 Å². The number of ether oxygens (including phenoxy) is 1. The van der Waals surface area contributed by atoms with E-state index < -0.39 is 28.7 Å². The van der Waals surface area contributed by atoms with Crippen molar-refractivity contribution in [1.82, 2.24) is 14.3 Å². The molecular formula is C28H28FN5O4. The summed E-state index contributed by atoms with van der Waals surface area (Å²) < 4.78 is 21.9. The van der Waals surface area contributed by atoms with Gasteiger partial charge in [0.05, 0.1) is 7.11 Å². The molecule has 0 atom stereocenters. The van der Waals surface area contributed by atoms with E-state index in [0.29, 0.717) is 22.6 Å². The molecule has 9 nitrogen and oxygen atoms in total. The van der Waals surface area contributed by atoms with Gasteiger partial charge in [0.1, 0.15) is 11.6 Å². The van der Waals surface area contributed by atoms with Gasteiger partial charge in [0.2, 0.25) is 5.69 Å². The van der Waals surface area contributed by atoms with Crippen molar-refractivity contribution in [2.75, 3.05) is 12.4 Å². The lowest BCUT2D eigenvalue weighted by molar-refractivity contribution is 0.101. The van der Waals surface area contributed by atoms with Crippen LogP contribution < -0.4 is 27.0 Å². The molecule has 0 saturated carbocycles. The third-order valence-corrected chi connectivity index (χ3v) is 6.63. The van der Waals surface area contributed by atoms with E-state index in [-0.39, 0.29) is 6.54 Å². The predicted molar refractivity (Wildman–Crippen MR) is 144 cm³/mol. The van der Waals surface area contributed by atoms with Gasteiger partial charge in [-0.25, -0.2) is 13.9 Å². The smallest absolute Gasteiger partial charge is 0.346 e. The maximum absolute atomic E-state index is 14.8. The normalized spacial score (nSPS) is 10.9. The van der Waals surface area contributed by atoms with Crippen molar-refractivity contribution in [3.8, 4) is 28.0 Å². The van der Waals surface area contributed by atoms with Crippen LogP contribution in [0.2, 0.25) is 0 Å². The van der Waals surface area contributed by atoms with Crippen LogP contribution in [0.15, 0.2) is 58.1 Å². The molecule has 1 heterocycles. The first-order chi connectivity index (χ1) is 18.1. The predicted octanol–water partition coefficient (Wildman–Crippen LogP) is 3.29. The number of methoxy groups -OCH3 is 1. The summed E-state index contributed by atoms with van der Waals surface area (Å²) >= 11 is 0. The highest BCUT2D eigenvalue weighted by atomic mass is 19.1. The molecule has 3 N–H and O–H groups in total. The zero-order valence-corrected chi connectivity index (χ0v) is 21.8. The van der Waals surface area contributed by atoms with Gasteiger partial charge < -0.3 is 15.8 Å². The average Bonchev–Trinajstić information content (AvgIpc) is 2.90. The van der Waals surface area contributed by atoms with Crippen LogP contribution in [-0.2, 0) is 20.6 Å². The largest absolute Gasteiger partial charge is 0.496 e. The summed E-state index contributed by atoms with van der Waals surface area (Å²) in [6.07, 6.45) is 0. The molecule has 0 aliphatic carbocycles. The summed E-state index contributed by atoms with van der Waals surface area (Å²) in [4.78, 5) is 37.3. The Hall–Kier alpha value is -4.57. The Morgan fingerprint density at radius 2 is 1.66 bits per heavy atom. The number of amides is 1. The molecule has 10 heteroatoms. The third-order valence-electron chi connectivity index (χ3n) is 6.63. The summed E-state index contributed by atoms with van der Waals surface area (Å²) in [5, 5.41) is 6.59. The van der Waals surface area contributed by atoms with Crippen molar-refractivity contribution in [1.29, 1.82) is 0 Å². The van der Waals surface area contributed by atoms with Crippen LogP contribution in [0.4, 0.5) is 10.1 Å². The number of nitrogens with one attached hydrogen (secondary N) is 1. The fraction of sp³-hybridized carbons (Fsp3) is 0.214. The maximum atomic E-state index is 14.8. The quantitative estimate of drug-likeness (QED) is 0.405. The van der Waals surface area contributed by atoms with Crippen LogP contribution >= 0.6 is 0 Å². The first-order valence-corrected chi connectivity index (χ1v) is 11.8. The number of benzene rings is 3. The number of nitrogens with zero attached hydrogens (tertiary/aromatic N) is 3. The van der Waals surface area contributed by atoms with Crippen molar-refractivity contribution in [2.24, 2.45) is 19.8 Å². The fourth-order valence-corrected chi connectivity index (χ4v) is 4.47. The second-order valence-corrected chi connectivity index (χ2v) is 8.87. The number of carbonyl (C=O) groups is 1. The number of halogens is 1. The zero-order valence-electron chi connectivity index (χ0n) is 21.8. The summed E-state index contributed by atoms with van der Waals surface area (Å²) in [5.74, 6) is -0.786. The Balaban J connectivity index is 1.76. The van der Waals surface area contributed by atoms with Gasteiger partial charge in [0.15, 0.2) is 0 Å². The first-order valence-electron chi connectivity index (χ1n) is 11.8. The van der Waals surface area contributed by atoms with E-state index in [1.54, 1.807) is 18.2 Å². The van der Waals surface area contributed by atoms with Crippen molar-refractivity contribution in [2.45, 2.75) is 20.4 Å². The van der Waals surface area contributed by atoms with Crippen LogP contribution in [0.3, 0.4) is 0 Å². The van der Waals surface area contributed by atoms with Gasteiger partial charge in [-0.2, -0.15) is 5.10 Å². The molecule has 196 valence electrons. The topological polar surface area (TPSA) is 121 Å². The maximum Gasteiger partial charge on any atom is 0.346 e. The van der Waals surface area contributed by atoms with Crippen LogP contribution in [0, 0.1) is 19.7 Å². The van der Waals surface area contributed by atoms with Crippen molar-refractivity contribution in [3.63, 3.8) is 0 Å². The monoisotopic (exact) mass is 517 g/mol. The molecule has 0 aliphatic heterocycles. The lowest BCUT2D eigenvalue weighted by Gasteiger charge is -2.17. The molecule has 38 heavy (non-hydrogen) atoms. The summed E-state index contributed by atoms with van der Waals surface area (Å²) in [5.41, 5.74) is 9.52. The SMILES string of the molecule is COc1cc(-c2cccc(-c3cccc(NC(=O)c4nn(C)c(=O)n(C)c4=O)c3C)c2C)cc(F)c1CN. The highest BCUT2D eigenvalue weighted by Crippen LogP contribution is 2.37. The summed E-state index contributed by atoms with van der Waals surface area (Å²) in [6.45, 7) is 3.81. The molecule has 0 bridgehead atoms. The Bertz CT molecular complexity index is 1690. The van der Waals surface area contributed by atoms with Crippen molar-refractivity contribution < 1.29 is 13.9 Å². The molecule has 1 amide bonds. The van der Waals surface area contributed by atoms with Gasteiger partial charge in [0.25, 0.3) is 11.5 Å². The van der Waals surface area contributed by atoms with Crippen LogP contribution in [0.25, 0.3) is 22.3 Å². The molecular weight excluding hydrogens is 489 g/mol. The molecule has 1 aromatic heterocycles. The van der Waals surface area contributed by atoms with Gasteiger partial charge in [0, 0.05) is 31.9 Å². The Kier molecular flexibility index (Phi) is 7.27. The van der Waals surface area contributed by atoms with Gasteiger partial charge in [-0.3, -0.25) is 14.2 Å². The number of rotatable bonds is 6. The Labute approximate surface area is 218 Å². The van der Waals surface area contributed by atoms with E-state index >= 15 is 0 Å². The van der Waals surface area contributed by atoms with Crippen LogP contribution in [-0.4, -0.2) is 27.4 Å². The number of anilines is 1. The molecule has 0 unspecified atom stereocenters. The molecule has 0 aliphatic rings. The molecule has 0 spiro atoms. The second kappa shape index (κ2) is 10.4. The van der Waals surface area contributed by atoms with Gasteiger partial charge in [-0.05, 0) is 65.4 Å². The summed E-state index contributed by atoms with van der Waals surface area (Å²) in [7, 11) is 4.13. The standard InChI is InChI=1S/C28H28FN5O4/c1-15-18(17-12-22(29)21(14-30)24(13-17)38-5)8-6-9-19(15)20-10-7-11-23(16(20)2)31-26(35)25-27(36)33(3)28(37)34(4)32-25/h6-13H,14,30H2,1-5H3,(H,31,35). The molecule has 0 saturated heterocycles. The van der Waals surface area contributed by atoms with E-state index in [1.165, 1.54) is 27.3 Å². The molecule has 0 fully saturated rings. The number of nitrogens with two attached hydrogens (primary N) is 1. The number of carbonyl (C=O) groups excluding carboxylic acids is 1. The highest BCUT2D eigenvalue weighted by Gasteiger charge is 2.20. The Morgan fingerprint density at radius 1 is 1.03 bits per heavy atom. The van der Waals surface area contributed by atoms with Crippen LogP contribution in [0.5, 0.6) is 5.75 Å². The lowest BCUT2D eigenvalue weighted by Crippen LogP contribution is -2.43. The molecule has 0 radical (unpaired) electrons. The number of aromatic nitrogens is 3. The zero-order chi connectivity index (χ0) is 27.7. The summed E-state index contributed by atoms with van der Waals surface area (Å²) in [6, 6.07) is 14.4. The highest BCUT2D eigenvalue weighted by molar-refractivity contribution is 6.03. The van der Waals surface area contributed by atoms with Crippen molar-refractivity contribution in [3.05, 3.63) is 97.6 Å². The minimum atomic E-state index is -0.786. The number of hydrogen-bond acceptors (Lipinski definition) is 6. The van der Waals surface area contributed by atoms with E-state index in [9.17, 15) is 18.8 Å². The van der Waals surface area contributed by atoms with E-state index in [4.69, 9.17) is 10.5 Å². The Morgan fingerprint density at radius 3 is 2.32 bits per heavy atom. The number of aryl methyl sites for hydroxylation is 1. The van der Waals surface area contributed by atoms with E-state index in [0.717, 1.165) is 37.1 Å². The number of hydrogen-bond donors (Lipinski definition) is 2. The minimum absolute atomic E-state index is 0.0208. The van der Waals surface area contributed by atoms with Gasteiger partial charge in [-0.15, -0.1) is 0 Å². The lowest BCUT2D eigenvalue weighted by atomic mass is 9.90. The van der Waals surface area contributed by atoms with E-state index in [2.05, 4.69) is 10.4 Å². The van der Waals surface area contributed by atoms with Crippen molar-refractivity contribution >= 4 is 11.6 Å². The first kappa shape index (κ1) is 26.5. The minimum Gasteiger partial charge on any atom is -0.496 e. The second-order valence-electron chi connectivity index (χ2n) is 8.87. The average molecular weight is 518 g/mol. The molecule has 4 aromatic rings. The van der Waals surface area contributed by atoms with Crippen LogP contribution in [0.1, 0.15) is 27.2 Å². The molecule has 4 rings (SSSR count). The van der Waals surface area contributed by atoms with E-state index in [1.807, 2.05) is 38.1 Å².